The van der Waals surface area contributed by atoms with Crippen molar-refractivity contribution in [3.63, 3.8) is 0 Å². The highest BCUT2D eigenvalue weighted by atomic mass is 28.3. The highest BCUT2D eigenvalue weighted by molar-refractivity contribution is 7.06. The lowest BCUT2D eigenvalue weighted by Crippen LogP contribution is -2.50. The Labute approximate surface area is 859 Å². The normalized spacial score (nSPS) is 14.9. The lowest BCUT2D eigenvalue weighted by molar-refractivity contribution is 0.661. The van der Waals surface area contributed by atoms with Crippen LogP contribution in [0.5, 0.6) is 0 Å². The molecule has 0 saturated carbocycles. The van der Waals surface area contributed by atoms with Gasteiger partial charge in [-0.05, 0) is 193 Å². The molecule has 30 rings (SSSR count). The molecular formula is C135H105N9Si3. The zero-order chi connectivity index (χ0) is 99.2. The van der Waals surface area contributed by atoms with Crippen molar-refractivity contribution < 1.29 is 0 Å². The van der Waals surface area contributed by atoms with E-state index in [0.29, 0.717) is 0 Å². The summed E-state index contributed by atoms with van der Waals surface area (Å²) in [5.41, 5.74) is 44.2. The summed E-state index contributed by atoms with van der Waals surface area (Å²) in [6, 6.07) is 152. The molecule has 702 valence electrons. The Morgan fingerprint density at radius 3 is 0.932 bits per heavy atom. The molecule has 147 heavy (non-hydrogen) atoms. The van der Waals surface area contributed by atoms with Gasteiger partial charge in [0.05, 0.1) is 67.3 Å². The van der Waals surface area contributed by atoms with E-state index in [2.05, 4.69) is 495 Å². The van der Waals surface area contributed by atoms with Crippen LogP contribution in [-0.2, 0) is 16.2 Å². The Bertz CT molecular complexity index is 9510. The van der Waals surface area contributed by atoms with Crippen molar-refractivity contribution in [3.8, 4) is 152 Å². The molecule has 0 atom stereocenters. The molecule has 24 aromatic rings. The molecule has 0 unspecified atom stereocenters. The Kier molecular flexibility index (Phi) is 19.4. The van der Waals surface area contributed by atoms with Gasteiger partial charge in [0.25, 0.3) is 0 Å². The molecule has 0 saturated heterocycles. The Morgan fingerprint density at radius 2 is 0.503 bits per heavy atom. The molecule has 12 heteroatoms. The van der Waals surface area contributed by atoms with Crippen LogP contribution in [0.15, 0.2) is 419 Å². The third kappa shape index (κ3) is 12.9. The standard InChI is InChI=1S/3C45H35N3Si/c1-45(2)36-21-13-11-19-31(36)34-27-39-35(26-37(34)45)32-20-12-14-22-38(32)48(39)30-23-24-33-40(25-30)49(3,4)43-41(28-15-7-5-8-16-28)46-44(47-42(33)43)29-17-9-6-10-18-29;1-45(2)35-21-13-11-19-31(35)32-25-26-37-39(40(32)45)33-20-12-14-22-36(33)48(37)30-23-24-34-38(27-30)49(3,4)43-41(28-15-7-5-8-16-28)46-44(47-42(34)43)29-17-9-6-10-18-29;1-45(2)34-21-13-11-19-31(34)39-35(45)25-26-37-40(39)32-20-12-14-22-36(32)48(37)30-23-24-33-38(27-30)49(3,4)43-41(28-15-7-5-8-16-28)46-44(47-42(33)43)29-17-9-6-10-18-29/h3*5-27H,1-4H3. The van der Waals surface area contributed by atoms with Gasteiger partial charge in [-0.3, -0.25) is 0 Å². The molecule has 9 heterocycles. The van der Waals surface area contributed by atoms with E-state index in [4.69, 9.17) is 29.9 Å². The minimum Gasteiger partial charge on any atom is -0.309 e. The molecule has 9 nitrogen and oxygen atoms in total. The van der Waals surface area contributed by atoms with Crippen molar-refractivity contribution in [2.75, 3.05) is 0 Å². The first kappa shape index (κ1) is 88.0. The van der Waals surface area contributed by atoms with E-state index in [1.165, 1.54) is 197 Å². The van der Waals surface area contributed by atoms with Crippen molar-refractivity contribution in [2.24, 2.45) is 0 Å². The predicted octanol–water partition coefficient (Wildman–Crippen LogP) is 30.1. The minimum absolute atomic E-state index is 0.0472. The topological polar surface area (TPSA) is 92.1 Å². The van der Waals surface area contributed by atoms with Gasteiger partial charge in [0, 0.05) is 99.0 Å². The van der Waals surface area contributed by atoms with E-state index in [1.807, 2.05) is 18.2 Å². The van der Waals surface area contributed by atoms with Gasteiger partial charge in [0.1, 0.15) is 24.2 Å². The predicted molar refractivity (Wildman–Crippen MR) is 621 cm³/mol. The van der Waals surface area contributed by atoms with Gasteiger partial charge < -0.3 is 13.7 Å². The Morgan fingerprint density at radius 1 is 0.197 bits per heavy atom. The van der Waals surface area contributed by atoms with Crippen LogP contribution >= 0.6 is 0 Å². The van der Waals surface area contributed by atoms with Crippen molar-refractivity contribution in [3.05, 3.63) is 452 Å². The van der Waals surface area contributed by atoms with E-state index in [1.54, 1.807) is 0 Å². The largest absolute Gasteiger partial charge is 0.309 e. The van der Waals surface area contributed by atoms with Crippen LogP contribution in [0, 0.1) is 0 Å². The average molecular weight is 1940 g/mol. The molecule has 6 aromatic heterocycles. The van der Waals surface area contributed by atoms with Gasteiger partial charge in [-0.25, -0.2) is 29.9 Å². The highest BCUT2D eigenvalue weighted by Gasteiger charge is 2.48. The molecule has 3 aliphatic heterocycles. The van der Waals surface area contributed by atoms with Crippen molar-refractivity contribution in [1.82, 2.24) is 43.6 Å². The van der Waals surface area contributed by atoms with E-state index < -0.39 is 24.2 Å². The molecular weight excluding hydrogens is 1830 g/mol. The fraction of sp³-hybridized carbons (Fsp3) is 0.111. The smallest absolute Gasteiger partial charge is 0.160 e. The SMILES string of the molecule is CC1(C)c2ccccc2-c2c1ccc1c2c2ccccc2n1-c1ccc2c(c1)[Si](C)(C)c1c(-c3ccccc3)nc(-c3ccccc3)nc1-2.CC1(C)c2ccccc2-c2cc3c(cc21)c1ccccc1n3-c1ccc2c(c1)[Si](C)(C)c1c(-c3ccccc3)nc(-c3ccccc3)nc1-2.CC1(C)c2ccccc2-c2ccc3c(c21)c1ccccc1n3-c1ccc2c(c1)[Si](C)(C)c1c(-c3ccccc3)nc(-c3ccccc3)nc1-2. The van der Waals surface area contributed by atoms with Gasteiger partial charge in [-0.2, -0.15) is 0 Å². The molecule has 0 amide bonds. The monoisotopic (exact) mass is 1940 g/mol. The van der Waals surface area contributed by atoms with Crippen LogP contribution in [0.4, 0.5) is 0 Å². The first-order valence-corrected chi connectivity index (χ1v) is 60.6. The average Bonchev–Trinajstić information content (AvgIpc) is 1.53. The van der Waals surface area contributed by atoms with Crippen LogP contribution in [0.2, 0.25) is 39.3 Å². The second kappa shape index (κ2) is 32.4. The van der Waals surface area contributed by atoms with E-state index in [-0.39, 0.29) is 16.2 Å². The summed E-state index contributed by atoms with van der Waals surface area (Å²) in [7, 11) is -6.70. The number of benzene rings is 18. The summed E-state index contributed by atoms with van der Waals surface area (Å²) < 4.78 is 7.48. The van der Waals surface area contributed by atoms with Crippen LogP contribution in [0.1, 0.15) is 74.9 Å². The summed E-state index contributed by atoms with van der Waals surface area (Å²) in [4.78, 5) is 31.9. The lowest BCUT2D eigenvalue weighted by atomic mass is 9.80. The van der Waals surface area contributed by atoms with Gasteiger partial charge in [-0.15, -0.1) is 0 Å². The van der Waals surface area contributed by atoms with E-state index >= 15 is 0 Å². The Balaban J connectivity index is 0.000000107. The maximum absolute atomic E-state index is 5.33. The first-order valence-electron chi connectivity index (χ1n) is 51.6. The summed E-state index contributed by atoms with van der Waals surface area (Å²) in [5, 5.41) is 16.1. The van der Waals surface area contributed by atoms with Crippen LogP contribution in [0.25, 0.3) is 218 Å². The van der Waals surface area contributed by atoms with Gasteiger partial charge in [0.2, 0.25) is 0 Å². The third-order valence-corrected chi connectivity index (χ3v) is 44.0. The fourth-order valence-corrected chi connectivity index (χ4v) is 36.2. The van der Waals surface area contributed by atoms with Crippen LogP contribution in [-0.4, -0.2) is 67.8 Å². The summed E-state index contributed by atoms with van der Waals surface area (Å²) >= 11 is 0. The maximum atomic E-state index is 5.33. The molecule has 0 radical (unpaired) electrons. The number of hydrogen-bond donors (Lipinski definition) is 0. The number of fused-ring (bicyclic) bond motifs is 29. The van der Waals surface area contributed by atoms with Crippen molar-refractivity contribution in [1.29, 1.82) is 0 Å². The maximum Gasteiger partial charge on any atom is 0.160 e. The molecule has 0 N–H and O–H groups in total. The van der Waals surface area contributed by atoms with Gasteiger partial charge >= 0.3 is 0 Å². The molecule has 0 spiro atoms. The lowest BCUT2D eigenvalue weighted by Gasteiger charge is -2.23. The Hall–Kier alpha value is -16.7. The fourth-order valence-electron chi connectivity index (χ4n) is 26.5. The first-order chi connectivity index (χ1) is 71.5. The number of aromatic nitrogens is 9. The number of hydrogen-bond acceptors (Lipinski definition) is 6. The number of para-hydroxylation sites is 3. The van der Waals surface area contributed by atoms with Crippen molar-refractivity contribution in [2.45, 2.75) is 97.1 Å². The van der Waals surface area contributed by atoms with Crippen LogP contribution < -0.4 is 31.1 Å². The quantitative estimate of drug-likeness (QED) is 0.134. The van der Waals surface area contributed by atoms with Gasteiger partial charge in [0.15, 0.2) is 17.5 Å². The zero-order valence-corrected chi connectivity index (χ0v) is 87.4. The second-order valence-electron chi connectivity index (χ2n) is 43.9. The molecule has 0 bridgehead atoms. The summed E-state index contributed by atoms with van der Waals surface area (Å²) in [6.45, 7) is 29.1. The molecule has 6 aliphatic rings. The third-order valence-electron chi connectivity index (χ3n) is 33.5. The highest BCUT2D eigenvalue weighted by Crippen LogP contribution is 2.58. The van der Waals surface area contributed by atoms with E-state index in [0.717, 1.165) is 85.0 Å². The second-order valence-corrected chi connectivity index (χ2v) is 56.7. The number of rotatable bonds is 9. The van der Waals surface area contributed by atoms with E-state index in [9.17, 15) is 0 Å². The zero-order valence-electron chi connectivity index (χ0n) is 84.4. The minimum atomic E-state index is -2.23. The molecule has 3 aliphatic carbocycles. The van der Waals surface area contributed by atoms with Crippen molar-refractivity contribution >= 4 is 121 Å². The molecule has 18 aromatic carbocycles. The summed E-state index contributed by atoms with van der Waals surface area (Å²) in [5.74, 6) is 2.33. The van der Waals surface area contributed by atoms with Gasteiger partial charge in [-0.1, -0.05) is 421 Å². The summed E-state index contributed by atoms with van der Waals surface area (Å²) in [6.07, 6.45) is 0. The van der Waals surface area contributed by atoms with Crippen LogP contribution in [0.3, 0.4) is 0 Å². The number of nitrogens with zero attached hydrogens (tertiary/aromatic N) is 9. The molecule has 0 fully saturated rings.